The second-order valence-electron chi connectivity index (χ2n) is 7.90. The summed E-state index contributed by atoms with van der Waals surface area (Å²) < 4.78 is 160. The molecule has 0 aromatic heterocycles. The Bertz CT molecular complexity index is 1370. The molecule has 0 aliphatic heterocycles. The molecular formula is C24H8F12N4. The molecule has 208 valence electrons. The maximum Gasteiger partial charge on any atom is 0.416 e. The minimum absolute atomic E-state index is 0.194. The van der Waals surface area contributed by atoms with Crippen LogP contribution in [0.15, 0.2) is 58.5 Å². The van der Waals surface area contributed by atoms with Gasteiger partial charge in [-0.1, -0.05) is 0 Å². The lowest BCUT2D eigenvalue weighted by Crippen LogP contribution is -2.17. The van der Waals surface area contributed by atoms with Gasteiger partial charge in [0.15, 0.2) is 0 Å². The van der Waals surface area contributed by atoms with E-state index >= 15 is 0 Å². The Kier molecular flexibility index (Phi) is 7.62. The minimum Gasteiger partial charge on any atom is -0.173 e. The van der Waals surface area contributed by atoms with Crippen molar-refractivity contribution in [3.05, 3.63) is 81.9 Å². The van der Waals surface area contributed by atoms with Crippen LogP contribution in [0.4, 0.5) is 52.7 Å². The van der Waals surface area contributed by atoms with Crippen LogP contribution in [0, 0.1) is 22.9 Å². The van der Waals surface area contributed by atoms with Crippen molar-refractivity contribution < 1.29 is 52.7 Å². The van der Waals surface area contributed by atoms with E-state index in [-0.39, 0.29) is 36.4 Å². The summed E-state index contributed by atoms with van der Waals surface area (Å²) >= 11 is 0. The van der Waals surface area contributed by atoms with Crippen LogP contribution in [0.5, 0.6) is 0 Å². The van der Waals surface area contributed by atoms with Gasteiger partial charge in [-0.15, -0.1) is 0 Å². The Morgan fingerprint density at radius 3 is 0.900 bits per heavy atom. The average molecular weight is 580 g/mol. The summed E-state index contributed by atoms with van der Waals surface area (Å²) in [5.74, 6) is 0. The van der Waals surface area contributed by atoms with Gasteiger partial charge in [-0.3, -0.25) is 0 Å². The molecule has 3 rings (SSSR count). The molecular weight excluding hydrogens is 572 g/mol. The number of nitriles is 2. The molecule has 2 aromatic rings. The van der Waals surface area contributed by atoms with Gasteiger partial charge in [0.25, 0.3) is 0 Å². The summed E-state index contributed by atoms with van der Waals surface area (Å²) in [7, 11) is 0. The summed E-state index contributed by atoms with van der Waals surface area (Å²) in [6.07, 6.45) is -17.5. The highest BCUT2D eigenvalue weighted by Gasteiger charge is 2.39. The van der Waals surface area contributed by atoms with Gasteiger partial charge in [0.1, 0.15) is 0 Å². The average Bonchev–Trinajstić information content (AvgIpc) is 2.82. The summed E-state index contributed by atoms with van der Waals surface area (Å²) in [4.78, 5) is 6.54. The van der Waals surface area contributed by atoms with Crippen LogP contribution in [0.3, 0.4) is 0 Å². The van der Waals surface area contributed by atoms with Gasteiger partial charge in [0.05, 0.1) is 33.7 Å². The molecule has 0 radical (unpaired) electrons. The Labute approximate surface area is 215 Å². The van der Waals surface area contributed by atoms with Crippen LogP contribution in [-0.4, -0.2) is 11.4 Å². The molecule has 0 N–H and O–H groups in total. The quantitative estimate of drug-likeness (QED) is 0.205. The molecule has 0 saturated carbocycles. The molecule has 0 spiro atoms. The Hall–Kier alpha value is -4.60. The van der Waals surface area contributed by atoms with Gasteiger partial charge in [0, 0.05) is 11.1 Å². The largest absolute Gasteiger partial charge is 0.416 e. The van der Waals surface area contributed by atoms with Crippen LogP contribution in [0.25, 0.3) is 11.1 Å². The van der Waals surface area contributed by atoms with E-state index in [0.29, 0.717) is 12.2 Å². The van der Waals surface area contributed by atoms with E-state index in [4.69, 9.17) is 10.5 Å². The number of halogens is 12. The molecule has 0 saturated heterocycles. The Morgan fingerprint density at radius 2 is 0.700 bits per heavy atom. The van der Waals surface area contributed by atoms with Crippen LogP contribution >= 0.6 is 0 Å². The number of nitrogens with zero attached hydrogens (tertiary/aromatic N) is 4. The maximum atomic E-state index is 13.4. The number of alkyl halides is 12. The lowest BCUT2D eigenvalue weighted by atomic mass is 9.86. The van der Waals surface area contributed by atoms with Crippen molar-refractivity contribution in [3.63, 3.8) is 0 Å². The van der Waals surface area contributed by atoms with Crippen molar-refractivity contribution in [2.45, 2.75) is 24.7 Å². The van der Waals surface area contributed by atoms with E-state index in [0.717, 1.165) is 0 Å². The molecule has 16 heteroatoms. The fourth-order valence-electron chi connectivity index (χ4n) is 3.55. The van der Waals surface area contributed by atoms with Gasteiger partial charge < -0.3 is 0 Å². The first-order valence-electron chi connectivity index (χ1n) is 10.2. The van der Waals surface area contributed by atoms with Crippen molar-refractivity contribution in [2.24, 2.45) is 9.98 Å². The molecule has 0 atom stereocenters. The molecule has 0 bridgehead atoms. The predicted molar refractivity (Wildman–Crippen MR) is 115 cm³/mol. The molecule has 0 unspecified atom stereocenters. The number of aliphatic imine (C=N–C) groups is 2. The smallest absolute Gasteiger partial charge is 0.173 e. The van der Waals surface area contributed by atoms with E-state index in [1.165, 1.54) is 12.4 Å². The molecule has 1 aliphatic carbocycles. The van der Waals surface area contributed by atoms with Crippen LogP contribution in [0.1, 0.15) is 33.4 Å². The first kappa shape index (κ1) is 29.9. The fourth-order valence-corrected chi connectivity index (χ4v) is 3.55. The number of benzene rings is 2. The zero-order valence-corrected chi connectivity index (χ0v) is 18.9. The lowest BCUT2D eigenvalue weighted by Gasteiger charge is -2.21. The topological polar surface area (TPSA) is 72.3 Å². The standard InChI is InChI=1S/C24H8F12N4/c25-21(26,27)13-1-11(2-14(5-13)22(28,29)30)17-7-20(40-10-38)18(8-19(17)39-9-37)12-3-15(23(31,32)33)6-16(4-12)24(34,35)36/h1-8H. The Balaban J connectivity index is 2.35. The maximum absolute atomic E-state index is 13.4. The van der Waals surface area contributed by atoms with E-state index in [9.17, 15) is 52.7 Å². The van der Waals surface area contributed by atoms with Gasteiger partial charge >= 0.3 is 24.7 Å². The number of rotatable bonds is 2. The van der Waals surface area contributed by atoms with Crippen molar-refractivity contribution in [1.29, 1.82) is 10.5 Å². The number of allylic oxidation sites excluding steroid dienone is 4. The first-order valence-corrected chi connectivity index (χ1v) is 10.2. The second-order valence-corrected chi connectivity index (χ2v) is 7.90. The lowest BCUT2D eigenvalue weighted by molar-refractivity contribution is -0.144. The number of hydrogen-bond acceptors (Lipinski definition) is 4. The van der Waals surface area contributed by atoms with E-state index in [1.54, 1.807) is 0 Å². The van der Waals surface area contributed by atoms with E-state index in [2.05, 4.69) is 9.98 Å². The molecule has 0 fully saturated rings. The highest BCUT2D eigenvalue weighted by atomic mass is 19.4. The van der Waals surface area contributed by atoms with Gasteiger partial charge in [-0.2, -0.15) is 73.2 Å². The zero-order chi connectivity index (χ0) is 30.3. The minimum atomic E-state index is -5.28. The molecule has 1 aliphatic rings. The number of hydrogen-bond donors (Lipinski definition) is 0. The van der Waals surface area contributed by atoms with Crippen molar-refractivity contribution in [2.75, 3.05) is 0 Å². The molecule has 4 nitrogen and oxygen atoms in total. The van der Waals surface area contributed by atoms with Crippen molar-refractivity contribution in [3.8, 4) is 12.4 Å². The summed E-state index contributed by atoms with van der Waals surface area (Å²) in [6.45, 7) is 0. The third kappa shape index (κ3) is 6.51. The zero-order valence-electron chi connectivity index (χ0n) is 18.9. The van der Waals surface area contributed by atoms with Crippen LogP contribution in [0.2, 0.25) is 0 Å². The monoisotopic (exact) mass is 580 g/mol. The third-order valence-corrected chi connectivity index (χ3v) is 5.25. The van der Waals surface area contributed by atoms with Crippen LogP contribution < -0.4 is 0 Å². The summed E-state index contributed by atoms with van der Waals surface area (Å²) in [5, 5.41) is 18.1. The fraction of sp³-hybridized carbons (Fsp3) is 0.167. The van der Waals surface area contributed by atoms with Crippen LogP contribution in [-0.2, 0) is 24.7 Å². The van der Waals surface area contributed by atoms with E-state index < -0.39 is 80.7 Å². The third-order valence-electron chi connectivity index (χ3n) is 5.25. The summed E-state index contributed by atoms with van der Waals surface area (Å²) in [5.41, 5.74) is -11.5. The van der Waals surface area contributed by atoms with Gasteiger partial charge in [0.2, 0.25) is 12.4 Å². The van der Waals surface area contributed by atoms with Crippen molar-refractivity contribution in [1.82, 2.24) is 0 Å². The first-order chi connectivity index (χ1) is 18.3. The SMILES string of the molecule is N#CN=C1C=C(c2cc(C(F)(F)F)cc(C(F)(F)F)c2)C(=NC#N)C=C1c1cc(C(F)(F)F)cc(C(F)(F)F)c1. The predicted octanol–water partition coefficient (Wildman–Crippen LogP) is 8.09. The molecule has 0 amide bonds. The van der Waals surface area contributed by atoms with E-state index in [1.807, 2.05) is 0 Å². The van der Waals surface area contributed by atoms with Gasteiger partial charge in [-0.25, -0.2) is 0 Å². The highest BCUT2D eigenvalue weighted by Crippen LogP contribution is 2.41. The van der Waals surface area contributed by atoms with Gasteiger partial charge in [-0.05, 0) is 59.7 Å². The second kappa shape index (κ2) is 10.2. The van der Waals surface area contributed by atoms with Crippen molar-refractivity contribution >= 4 is 22.6 Å². The highest BCUT2D eigenvalue weighted by molar-refractivity contribution is 6.47. The summed E-state index contributed by atoms with van der Waals surface area (Å²) in [6, 6.07) is 0.624. The molecule has 2 aromatic carbocycles. The molecule has 40 heavy (non-hydrogen) atoms. The molecule has 0 heterocycles. The Morgan fingerprint density at radius 1 is 0.450 bits per heavy atom. The normalized spacial score (nSPS) is 16.9.